The summed E-state index contributed by atoms with van der Waals surface area (Å²) < 4.78 is 13.4. The topological polar surface area (TPSA) is 68.0 Å². The molecule has 3 rings (SSSR count). The lowest BCUT2D eigenvalue weighted by molar-refractivity contribution is 0.0952. The van der Waals surface area contributed by atoms with Gasteiger partial charge in [-0.25, -0.2) is 4.39 Å². The minimum absolute atomic E-state index is 0.247. The molecule has 0 aliphatic carbocycles. The molecule has 0 aliphatic heterocycles. The van der Waals surface area contributed by atoms with E-state index in [1.165, 1.54) is 12.1 Å². The van der Waals surface area contributed by atoms with Crippen molar-refractivity contribution < 1.29 is 9.18 Å². The molecule has 1 aromatic heterocycles. The molecule has 1 amide bonds. The Morgan fingerprint density at radius 1 is 1.21 bits per heavy atom. The molecule has 0 unspecified atom stereocenters. The van der Waals surface area contributed by atoms with Gasteiger partial charge in [-0.3, -0.25) is 9.78 Å². The van der Waals surface area contributed by atoms with E-state index in [1.54, 1.807) is 19.1 Å². The van der Waals surface area contributed by atoms with Crippen molar-refractivity contribution in [1.82, 2.24) is 10.3 Å². The maximum absolute atomic E-state index is 13.4. The second-order valence-electron chi connectivity index (χ2n) is 5.70. The number of benzene rings is 2. The number of hydrogen-bond donors (Lipinski definition) is 2. The van der Waals surface area contributed by atoms with Crippen LogP contribution in [0.15, 0.2) is 54.6 Å². The van der Waals surface area contributed by atoms with Gasteiger partial charge in [0, 0.05) is 29.7 Å². The van der Waals surface area contributed by atoms with Gasteiger partial charge in [-0.1, -0.05) is 30.3 Å². The molecule has 0 radical (unpaired) electrons. The Morgan fingerprint density at radius 2 is 1.96 bits per heavy atom. The third-order valence-electron chi connectivity index (χ3n) is 3.85. The molecule has 0 bridgehead atoms. The average Bonchev–Trinajstić information content (AvgIpc) is 2.59. The van der Waals surface area contributed by atoms with E-state index in [4.69, 9.17) is 5.73 Å². The predicted octanol–water partition coefficient (Wildman–Crippen LogP) is 3.11. The number of pyridine rings is 1. The first-order valence-corrected chi connectivity index (χ1v) is 7.70. The van der Waals surface area contributed by atoms with Gasteiger partial charge in [0.15, 0.2) is 0 Å². The number of fused-ring (bicyclic) bond motifs is 1. The quantitative estimate of drug-likeness (QED) is 0.775. The molecule has 2 aromatic carbocycles. The molecule has 0 spiro atoms. The normalized spacial score (nSPS) is 12.1. The Bertz CT molecular complexity index is 875. The number of aromatic nitrogens is 1. The van der Waals surface area contributed by atoms with E-state index in [0.717, 1.165) is 5.56 Å². The zero-order chi connectivity index (χ0) is 17.1. The largest absolute Gasteiger partial charge is 0.350 e. The number of hydrogen-bond acceptors (Lipinski definition) is 3. The summed E-state index contributed by atoms with van der Waals surface area (Å²) in [5, 5.41) is 3.46. The highest BCUT2D eigenvalue weighted by Crippen LogP contribution is 2.20. The van der Waals surface area contributed by atoms with Crippen LogP contribution in [-0.4, -0.2) is 17.4 Å². The van der Waals surface area contributed by atoms with Gasteiger partial charge < -0.3 is 11.1 Å². The number of carbonyl (C=O) groups is 1. The summed E-state index contributed by atoms with van der Waals surface area (Å²) in [7, 11) is 0. The Kier molecular flexibility index (Phi) is 4.53. The van der Waals surface area contributed by atoms with Crippen LogP contribution in [-0.2, 0) is 0 Å². The fraction of sp³-hybridized carbons (Fsp3) is 0.158. The van der Waals surface area contributed by atoms with E-state index in [9.17, 15) is 9.18 Å². The van der Waals surface area contributed by atoms with Crippen molar-refractivity contribution in [2.75, 3.05) is 6.54 Å². The van der Waals surface area contributed by atoms with Crippen LogP contribution >= 0.6 is 0 Å². The van der Waals surface area contributed by atoms with Gasteiger partial charge >= 0.3 is 0 Å². The highest BCUT2D eigenvalue weighted by atomic mass is 19.1. The number of aryl methyl sites for hydroxylation is 1. The average molecular weight is 323 g/mol. The van der Waals surface area contributed by atoms with E-state index in [2.05, 4.69) is 10.3 Å². The first-order valence-electron chi connectivity index (χ1n) is 7.70. The van der Waals surface area contributed by atoms with Gasteiger partial charge in [0.25, 0.3) is 5.91 Å². The monoisotopic (exact) mass is 323 g/mol. The van der Waals surface area contributed by atoms with Crippen molar-refractivity contribution in [1.29, 1.82) is 0 Å². The van der Waals surface area contributed by atoms with Crippen molar-refractivity contribution >= 4 is 16.8 Å². The number of rotatable bonds is 4. The summed E-state index contributed by atoms with van der Waals surface area (Å²) in [6, 6.07) is 15.2. The van der Waals surface area contributed by atoms with Crippen LogP contribution < -0.4 is 11.1 Å². The van der Waals surface area contributed by atoms with Gasteiger partial charge in [-0.15, -0.1) is 0 Å². The molecule has 24 heavy (non-hydrogen) atoms. The molecule has 0 saturated carbocycles. The summed E-state index contributed by atoms with van der Waals surface area (Å²) in [6.07, 6.45) is 0. The highest BCUT2D eigenvalue weighted by molar-refractivity contribution is 6.06. The Morgan fingerprint density at radius 3 is 2.71 bits per heavy atom. The van der Waals surface area contributed by atoms with Crippen molar-refractivity contribution in [3.63, 3.8) is 0 Å². The first kappa shape index (κ1) is 16.1. The molecular formula is C19H18FN3O. The second kappa shape index (κ2) is 6.76. The lowest BCUT2D eigenvalue weighted by Gasteiger charge is -2.14. The van der Waals surface area contributed by atoms with Crippen LogP contribution in [0.3, 0.4) is 0 Å². The number of halogens is 1. The van der Waals surface area contributed by atoms with Gasteiger partial charge in [-0.05, 0) is 30.7 Å². The maximum atomic E-state index is 13.4. The smallest absolute Gasteiger partial charge is 0.252 e. The van der Waals surface area contributed by atoms with Crippen molar-refractivity contribution in [3.8, 4) is 0 Å². The fourth-order valence-electron chi connectivity index (χ4n) is 2.64. The van der Waals surface area contributed by atoms with E-state index >= 15 is 0 Å². The summed E-state index contributed by atoms with van der Waals surface area (Å²) in [5.74, 6) is -0.624. The third kappa shape index (κ3) is 3.41. The molecule has 1 atom stereocenters. The van der Waals surface area contributed by atoms with Gasteiger partial charge in [0.05, 0.1) is 11.1 Å². The first-order chi connectivity index (χ1) is 11.5. The summed E-state index contributed by atoms with van der Waals surface area (Å²) in [5.41, 5.74) is 8.65. The van der Waals surface area contributed by atoms with Crippen LogP contribution in [0.25, 0.3) is 10.9 Å². The molecule has 1 heterocycles. The number of nitrogens with one attached hydrogen (secondary N) is 1. The Balaban J connectivity index is 1.81. The minimum Gasteiger partial charge on any atom is -0.350 e. The zero-order valence-electron chi connectivity index (χ0n) is 13.3. The molecular weight excluding hydrogens is 305 g/mol. The predicted molar refractivity (Wildman–Crippen MR) is 92.1 cm³/mol. The number of nitrogens with two attached hydrogens (primary N) is 1. The summed E-state index contributed by atoms with van der Waals surface area (Å²) in [4.78, 5) is 16.8. The standard InChI is InChI=1S/C19H18FN3O/c1-12-9-16(15-8-7-14(20)10-18(15)23-12)19(24)22-11-17(21)13-5-3-2-4-6-13/h2-10,17H,11,21H2,1H3,(H,22,24)/t17-/m0/s1. The molecule has 0 aliphatic rings. The van der Waals surface area contributed by atoms with Crippen molar-refractivity contribution in [2.24, 2.45) is 5.73 Å². The lowest BCUT2D eigenvalue weighted by Crippen LogP contribution is -2.32. The Hall–Kier alpha value is -2.79. The third-order valence-corrected chi connectivity index (χ3v) is 3.85. The maximum Gasteiger partial charge on any atom is 0.252 e. The van der Waals surface area contributed by atoms with E-state index in [1.807, 2.05) is 30.3 Å². The van der Waals surface area contributed by atoms with E-state index in [0.29, 0.717) is 28.7 Å². The van der Waals surface area contributed by atoms with Crippen LogP contribution in [0.4, 0.5) is 4.39 Å². The van der Waals surface area contributed by atoms with Crippen molar-refractivity contribution in [2.45, 2.75) is 13.0 Å². The number of amides is 1. The number of carbonyl (C=O) groups excluding carboxylic acids is 1. The van der Waals surface area contributed by atoms with Crippen LogP contribution in [0, 0.1) is 12.7 Å². The van der Waals surface area contributed by atoms with Gasteiger partial charge in [0.2, 0.25) is 0 Å². The molecule has 5 heteroatoms. The van der Waals surface area contributed by atoms with Gasteiger partial charge in [0.1, 0.15) is 5.82 Å². The molecule has 3 N–H and O–H groups in total. The molecule has 0 saturated heterocycles. The van der Waals surface area contributed by atoms with Crippen LogP contribution in [0.1, 0.15) is 27.7 Å². The molecule has 122 valence electrons. The molecule has 3 aromatic rings. The van der Waals surface area contributed by atoms with Crippen LogP contribution in [0.5, 0.6) is 0 Å². The van der Waals surface area contributed by atoms with Crippen molar-refractivity contribution in [3.05, 3.63) is 77.2 Å². The SMILES string of the molecule is Cc1cc(C(=O)NC[C@H](N)c2ccccc2)c2ccc(F)cc2n1. The lowest BCUT2D eigenvalue weighted by atomic mass is 10.1. The zero-order valence-corrected chi connectivity index (χ0v) is 13.3. The highest BCUT2D eigenvalue weighted by Gasteiger charge is 2.14. The number of nitrogens with zero attached hydrogens (tertiary/aromatic N) is 1. The fourth-order valence-corrected chi connectivity index (χ4v) is 2.64. The molecule has 0 fully saturated rings. The van der Waals surface area contributed by atoms with E-state index in [-0.39, 0.29) is 17.8 Å². The Labute approximate surface area is 139 Å². The second-order valence-corrected chi connectivity index (χ2v) is 5.70. The summed E-state index contributed by atoms with van der Waals surface area (Å²) in [6.45, 7) is 2.09. The van der Waals surface area contributed by atoms with E-state index < -0.39 is 0 Å². The van der Waals surface area contributed by atoms with Crippen LogP contribution in [0.2, 0.25) is 0 Å². The van der Waals surface area contributed by atoms with Gasteiger partial charge in [-0.2, -0.15) is 0 Å². The summed E-state index contributed by atoms with van der Waals surface area (Å²) >= 11 is 0. The molecule has 4 nitrogen and oxygen atoms in total. The minimum atomic E-state index is -0.377.